The maximum atomic E-state index is 12.5. The number of fused-ring (bicyclic) bond motifs is 1. The van der Waals surface area contributed by atoms with Gasteiger partial charge in [0, 0.05) is 31.5 Å². The molecule has 0 radical (unpaired) electrons. The van der Waals surface area contributed by atoms with E-state index in [1.807, 2.05) is 37.3 Å². The number of ketones is 1. The molecule has 1 saturated carbocycles. The largest absolute Gasteiger partial charge is 0.334 e. The Balaban J connectivity index is 1.58. The Bertz CT molecular complexity index is 619. The Morgan fingerprint density at radius 2 is 2.08 bits per heavy atom. The van der Waals surface area contributed by atoms with Crippen molar-refractivity contribution in [3.63, 3.8) is 0 Å². The molecule has 1 aromatic carbocycles. The second-order valence-electron chi connectivity index (χ2n) is 7.79. The fourth-order valence-corrected chi connectivity index (χ4v) is 4.55. The number of Topliss-reactive ketones (excluding diaryl/α,β-unsaturated/α-hetero) is 1. The molecule has 0 bridgehead atoms. The average Bonchev–Trinajstić information content (AvgIpc) is 2.62. The lowest BCUT2D eigenvalue weighted by Crippen LogP contribution is -2.58. The van der Waals surface area contributed by atoms with Crippen LogP contribution in [0.3, 0.4) is 0 Å². The van der Waals surface area contributed by atoms with E-state index in [0.29, 0.717) is 30.6 Å². The summed E-state index contributed by atoms with van der Waals surface area (Å²) in [6.07, 6.45) is 4.37. The highest BCUT2D eigenvalue weighted by Gasteiger charge is 2.39. The Morgan fingerprint density at radius 3 is 2.81 bits per heavy atom. The molecule has 1 aromatic rings. The predicted molar refractivity (Wildman–Crippen MR) is 103 cm³/mol. The Morgan fingerprint density at radius 1 is 1.31 bits per heavy atom. The summed E-state index contributed by atoms with van der Waals surface area (Å²) in [4.78, 5) is 26.9. The molecule has 1 aliphatic carbocycles. The maximum absolute atomic E-state index is 12.5. The zero-order valence-electron chi connectivity index (χ0n) is 15.9. The summed E-state index contributed by atoms with van der Waals surface area (Å²) in [7, 11) is 0. The van der Waals surface area contributed by atoms with E-state index in [2.05, 4.69) is 22.5 Å². The number of nitrogens with one attached hydrogen (secondary N) is 2. The molecule has 2 aliphatic rings. The van der Waals surface area contributed by atoms with E-state index in [0.717, 1.165) is 37.9 Å². The molecule has 2 N–H and O–H groups in total. The van der Waals surface area contributed by atoms with Crippen LogP contribution in [0.5, 0.6) is 0 Å². The van der Waals surface area contributed by atoms with Crippen LogP contribution < -0.4 is 10.6 Å². The fourth-order valence-electron chi connectivity index (χ4n) is 4.55. The zero-order chi connectivity index (χ0) is 18.5. The van der Waals surface area contributed by atoms with E-state index in [9.17, 15) is 9.59 Å². The first-order valence-electron chi connectivity index (χ1n) is 9.94. The average molecular weight is 357 g/mol. The Labute approximate surface area is 156 Å². The monoisotopic (exact) mass is 357 g/mol. The van der Waals surface area contributed by atoms with Gasteiger partial charge in [-0.05, 0) is 44.2 Å². The zero-order valence-corrected chi connectivity index (χ0v) is 15.9. The second-order valence-corrected chi connectivity index (χ2v) is 7.79. The number of carbonyl (C=O) groups excluding carboxylic acids is 2. The number of nitrogens with zero attached hydrogens (tertiary/aromatic N) is 1. The van der Waals surface area contributed by atoms with Crippen LogP contribution in [0.2, 0.25) is 0 Å². The number of benzene rings is 1. The van der Waals surface area contributed by atoms with Crippen molar-refractivity contribution >= 4 is 11.8 Å². The highest BCUT2D eigenvalue weighted by molar-refractivity contribution is 5.79. The quantitative estimate of drug-likeness (QED) is 0.850. The van der Waals surface area contributed by atoms with Gasteiger partial charge in [-0.25, -0.2) is 4.79 Å². The third-order valence-corrected chi connectivity index (χ3v) is 5.76. The third kappa shape index (κ3) is 4.64. The van der Waals surface area contributed by atoms with Gasteiger partial charge in [0.2, 0.25) is 0 Å². The number of piperidine rings is 1. The molecule has 142 valence electrons. The van der Waals surface area contributed by atoms with Gasteiger partial charge in [0.25, 0.3) is 0 Å². The van der Waals surface area contributed by atoms with E-state index in [1.165, 1.54) is 0 Å². The summed E-state index contributed by atoms with van der Waals surface area (Å²) in [5, 5.41) is 6.19. The van der Waals surface area contributed by atoms with Gasteiger partial charge in [-0.15, -0.1) is 0 Å². The summed E-state index contributed by atoms with van der Waals surface area (Å²) in [5.41, 5.74) is 1.09. The van der Waals surface area contributed by atoms with Crippen LogP contribution in [0.4, 0.5) is 4.79 Å². The fraction of sp³-hybridized carbons (Fsp3) is 0.619. The molecule has 2 amide bonds. The maximum Gasteiger partial charge on any atom is 0.315 e. The molecule has 1 aliphatic heterocycles. The van der Waals surface area contributed by atoms with E-state index >= 15 is 0 Å². The third-order valence-electron chi connectivity index (χ3n) is 5.76. The molecule has 0 spiro atoms. The number of rotatable bonds is 5. The molecule has 0 aromatic heterocycles. The van der Waals surface area contributed by atoms with Gasteiger partial charge < -0.3 is 10.6 Å². The van der Waals surface area contributed by atoms with Gasteiger partial charge in [-0.3, -0.25) is 9.69 Å². The molecule has 2 fully saturated rings. The summed E-state index contributed by atoms with van der Waals surface area (Å²) in [6.45, 7) is 6.11. The molecule has 5 heteroatoms. The molecule has 1 saturated heterocycles. The number of hydrogen-bond acceptors (Lipinski definition) is 3. The molecule has 3 rings (SSSR count). The molecule has 26 heavy (non-hydrogen) atoms. The van der Waals surface area contributed by atoms with Crippen molar-refractivity contribution in [2.75, 3.05) is 13.1 Å². The number of hydrogen-bond donors (Lipinski definition) is 2. The first-order chi connectivity index (χ1) is 12.6. The van der Waals surface area contributed by atoms with Crippen molar-refractivity contribution in [2.24, 2.45) is 5.92 Å². The van der Waals surface area contributed by atoms with Gasteiger partial charge in [0.15, 0.2) is 0 Å². The number of likely N-dealkylation sites (tertiary alicyclic amines) is 1. The van der Waals surface area contributed by atoms with Crippen molar-refractivity contribution in [3.8, 4) is 0 Å². The first-order valence-corrected chi connectivity index (χ1v) is 9.94. The van der Waals surface area contributed by atoms with Crippen molar-refractivity contribution in [1.29, 1.82) is 0 Å². The summed E-state index contributed by atoms with van der Waals surface area (Å²) in [5.74, 6) is 0.763. The minimum absolute atomic E-state index is 0.0319. The van der Waals surface area contributed by atoms with Crippen LogP contribution in [0.15, 0.2) is 30.3 Å². The standard InChI is InChI=1S/C21H31N3O2/c1-3-11-24-14-18(12-17-13-19(25)9-10-20(17)24)23-21(26)22-15(2)16-7-5-4-6-8-16/h4-8,15,17-18,20H,3,9-14H2,1-2H3,(H2,22,23,26)/t15-,17?,18-,20+/m0/s1. The number of urea groups is 1. The molecule has 4 atom stereocenters. The van der Waals surface area contributed by atoms with Crippen LogP contribution in [0, 0.1) is 5.92 Å². The highest BCUT2D eigenvalue weighted by atomic mass is 16.2. The van der Waals surface area contributed by atoms with Gasteiger partial charge in [-0.1, -0.05) is 37.3 Å². The summed E-state index contributed by atoms with van der Waals surface area (Å²) >= 11 is 0. The molecule has 1 unspecified atom stereocenters. The summed E-state index contributed by atoms with van der Waals surface area (Å²) < 4.78 is 0. The topological polar surface area (TPSA) is 61.4 Å². The van der Waals surface area contributed by atoms with Crippen LogP contribution in [-0.2, 0) is 4.79 Å². The van der Waals surface area contributed by atoms with Crippen molar-refractivity contribution in [2.45, 2.75) is 64.1 Å². The lowest BCUT2D eigenvalue weighted by atomic mass is 9.76. The molecule has 1 heterocycles. The van der Waals surface area contributed by atoms with Crippen LogP contribution in [0.25, 0.3) is 0 Å². The predicted octanol–water partition coefficient (Wildman–Crippen LogP) is 3.27. The van der Waals surface area contributed by atoms with E-state index in [4.69, 9.17) is 0 Å². The van der Waals surface area contributed by atoms with Gasteiger partial charge in [-0.2, -0.15) is 0 Å². The van der Waals surface area contributed by atoms with Crippen LogP contribution in [0.1, 0.15) is 57.6 Å². The van der Waals surface area contributed by atoms with E-state index < -0.39 is 0 Å². The smallest absolute Gasteiger partial charge is 0.315 e. The van der Waals surface area contributed by atoms with Crippen LogP contribution >= 0.6 is 0 Å². The highest BCUT2D eigenvalue weighted by Crippen LogP contribution is 2.34. The number of carbonyl (C=O) groups is 2. The Hall–Kier alpha value is -1.88. The van der Waals surface area contributed by atoms with Crippen LogP contribution in [-0.4, -0.2) is 41.9 Å². The molecule has 5 nitrogen and oxygen atoms in total. The summed E-state index contributed by atoms with van der Waals surface area (Å²) in [6, 6.07) is 10.4. The minimum atomic E-state index is -0.122. The normalized spacial score (nSPS) is 27.5. The van der Waals surface area contributed by atoms with Gasteiger partial charge in [0.05, 0.1) is 6.04 Å². The van der Waals surface area contributed by atoms with Gasteiger partial charge >= 0.3 is 6.03 Å². The van der Waals surface area contributed by atoms with Crippen molar-refractivity contribution < 1.29 is 9.59 Å². The van der Waals surface area contributed by atoms with Crippen molar-refractivity contribution in [1.82, 2.24) is 15.5 Å². The van der Waals surface area contributed by atoms with E-state index in [-0.39, 0.29) is 18.1 Å². The molecular weight excluding hydrogens is 326 g/mol. The minimum Gasteiger partial charge on any atom is -0.334 e. The number of amides is 2. The second kappa shape index (κ2) is 8.67. The molecular formula is C21H31N3O2. The first kappa shape index (κ1) is 18.9. The SMILES string of the molecule is CCCN1C[C@@H](NC(=O)N[C@@H](C)c2ccccc2)CC2CC(=O)CC[C@H]21. The van der Waals surface area contributed by atoms with Crippen molar-refractivity contribution in [3.05, 3.63) is 35.9 Å². The lowest BCUT2D eigenvalue weighted by molar-refractivity contribution is -0.124. The van der Waals surface area contributed by atoms with Gasteiger partial charge in [0.1, 0.15) is 5.78 Å². The lowest BCUT2D eigenvalue weighted by Gasteiger charge is -2.46. The van der Waals surface area contributed by atoms with E-state index in [1.54, 1.807) is 0 Å². The Kier molecular flexibility index (Phi) is 6.30.